The number of hydrogen-bond donors (Lipinski definition) is 1. The molecular formula is C11H8F3NO. The van der Waals surface area contributed by atoms with E-state index in [0.29, 0.717) is 5.56 Å². The Morgan fingerprint density at radius 2 is 1.94 bits per heavy atom. The number of alkyl halides is 2. The summed E-state index contributed by atoms with van der Waals surface area (Å²) in [5.74, 6) is -0.563. The number of pyridine rings is 1. The molecule has 5 heteroatoms. The molecule has 0 aliphatic rings. The molecule has 0 saturated carbocycles. The van der Waals surface area contributed by atoms with E-state index in [4.69, 9.17) is 0 Å². The third kappa shape index (κ3) is 1.68. The second-order valence-corrected chi connectivity index (χ2v) is 3.53. The summed E-state index contributed by atoms with van der Waals surface area (Å²) >= 11 is 0. The molecule has 2 rings (SSSR count). The van der Waals surface area contributed by atoms with Gasteiger partial charge in [0.2, 0.25) is 0 Å². The molecular weight excluding hydrogens is 219 g/mol. The molecule has 0 spiro atoms. The highest BCUT2D eigenvalue weighted by atomic mass is 19.3. The Morgan fingerprint density at radius 3 is 2.56 bits per heavy atom. The van der Waals surface area contributed by atoms with Crippen molar-refractivity contribution in [1.82, 2.24) is 4.98 Å². The molecule has 0 radical (unpaired) electrons. The van der Waals surface area contributed by atoms with Gasteiger partial charge in [0.05, 0.1) is 11.2 Å². The number of hydrogen-bond acceptors (Lipinski definition) is 1. The van der Waals surface area contributed by atoms with Crippen molar-refractivity contribution in [2.75, 3.05) is 0 Å². The highest BCUT2D eigenvalue weighted by Crippen LogP contribution is 2.20. The quantitative estimate of drug-likeness (QED) is 0.798. The maximum Gasteiger partial charge on any atom is 0.278 e. The fourth-order valence-corrected chi connectivity index (χ4v) is 1.69. The minimum absolute atomic E-state index is 0.0975. The zero-order valence-corrected chi connectivity index (χ0v) is 8.35. The van der Waals surface area contributed by atoms with Gasteiger partial charge in [-0.3, -0.25) is 4.79 Å². The summed E-state index contributed by atoms with van der Waals surface area (Å²) in [4.78, 5) is 13.9. The third-order valence-corrected chi connectivity index (χ3v) is 2.35. The van der Waals surface area contributed by atoms with E-state index in [0.717, 1.165) is 12.1 Å². The van der Waals surface area contributed by atoms with Crippen LogP contribution in [0.4, 0.5) is 13.2 Å². The smallest absolute Gasteiger partial charge is 0.278 e. The van der Waals surface area contributed by atoms with Gasteiger partial charge in [-0.1, -0.05) is 0 Å². The van der Waals surface area contributed by atoms with E-state index in [-0.39, 0.29) is 10.9 Å². The monoisotopic (exact) mass is 227 g/mol. The Kier molecular flexibility index (Phi) is 2.46. The van der Waals surface area contributed by atoms with Crippen LogP contribution in [0.2, 0.25) is 0 Å². The molecule has 0 bridgehead atoms. The lowest BCUT2D eigenvalue weighted by Gasteiger charge is -2.05. The van der Waals surface area contributed by atoms with Gasteiger partial charge in [0.15, 0.2) is 5.43 Å². The lowest BCUT2D eigenvalue weighted by molar-refractivity contribution is 0.146. The molecule has 0 saturated heterocycles. The van der Waals surface area contributed by atoms with Gasteiger partial charge in [0.25, 0.3) is 6.43 Å². The number of halogens is 3. The molecule has 0 atom stereocenters. The average Bonchev–Trinajstić information content (AvgIpc) is 2.15. The average molecular weight is 227 g/mol. The first-order valence-electron chi connectivity index (χ1n) is 4.60. The van der Waals surface area contributed by atoms with Gasteiger partial charge in [-0.05, 0) is 24.6 Å². The molecule has 84 valence electrons. The van der Waals surface area contributed by atoms with Gasteiger partial charge in [-0.2, -0.15) is 0 Å². The van der Waals surface area contributed by atoms with E-state index < -0.39 is 23.4 Å². The van der Waals surface area contributed by atoms with E-state index in [9.17, 15) is 18.0 Å². The minimum Gasteiger partial charge on any atom is -0.353 e. The summed E-state index contributed by atoms with van der Waals surface area (Å²) in [5.41, 5.74) is -0.499. The number of nitrogens with one attached hydrogen (secondary N) is 1. The van der Waals surface area contributed by atoms with Crippen LogP contribution in [0.1, 0.15) is 17.7 Å². The summed E-state index contributed by atoms with van der Waals surface area (Å²) in [7, 11) is 0. The van der Waals surface area contributed by atoms with E-state index in [2.05, 4.69) is 4.98 Å². The second-order valence-electron chi connectivity index (χ2n) is 3.53. The zero-order valence-electron chi connectivity index (χ0n) is 8.35. The van der Waals surface area contributed by atoms with Crippen molar-refractivity contribution in [3.05, 3.63) is 45.5 Å². The van der Waals surface area contributed by atoms with Crippen LogP contribution in [0, 0.1) is 12.7 Å². The van der Waals surface area contributed by atoms with Crippen LogP contribution in [0.5, 0.6) is 0 Å². The van der Waals surface area contributed by atoms with Crippen LogP contribution in [-0.4, -0.2) is 4.98 Å². The predicted molar refractivity (Wildman–Crippen MR) is 54.2 cm³/mol. The van der Waals surface area contributed by atoms with Crippen LogP contribution in [0.3, 0.4) is 0 Å². The summed E-state index contributed by atoms with van der Waals surface area (Å²) in [5, 5.41) is 0.241. The van der Waals surface area contributed by atoms with E-state index in [1.165, 1.54) is 6.07 Å². The second kappa shape index (κ2) is 3.66. The van der Waals surface area contributed by atoms with Gasteiger partial charge < -0.3 is 4.98 Å². The predicted octanol–water partition coefficient (Wildman–Crippen LogP) is 2.91. The standard InChI is InChI=1S/C11H8F3NO/c1-5-2-6(12)3-7-10(5)9(16)4-8(15-7)11(13)14/h2-4,11H,1H3,(H,15,16). The molecule has 1 heterocycles. The summed E-state index contributed by atoms with van der Waals surface area (Å²) in [6.07, 6.45) is -2.78. The molecule has 2 nitrogen and oxygen atoms in total. The Morgan fingerprint density at radius 1 is 1.25 bits per heavy atom. The molecule has 0 aliphatic heterocycles. The van der Waals surface area contributed by atoms with Crippen molar-refractivity contribution < 1.29 is 13.2 Å². The number of aryl methyl sites for hydroxylation is 1. The van der Waals surface area contributed by atoms with Crippen LogP contribution >= 0.6 is 0 Å². The molecule has 0 unspecified atom stereocenters. The summed E-state index contributed by atoms with van der Waals surface area (Å²) in [6.45, 7) is 1.56. The van der Waals surface area contributed by atoms with Crippen LogP contribution in [0.25, 0.3) is 10.9 Å². The maximum atomic E-state index is 13.1. The lowest BCUT2D eigenvalue weighted by atomic mass is 10.1. The molecule has 2 aromatic rings. The van der Waals surface area contributed by atoms with Crippen molar-refractivity contribution in [3.8, 4) is 0 Å². The van der Waals surface area contributed by atoms with Crippen LogP contribution in [0.15, 0.2) is 23.0 Å². The number of benzene rings is 1. The fourth-order valence-electron chi connectivity index (χ4n) is 1.69. The molecule has 0 aliphatic carbocycles. The van der Waals surface area contributed by atoms with Crippen molar-refractivity contribution >= 4 is 10.9 Å². The van der Waals surface area contributed by atoms with E-state index >= 15 is 0 Å². The Balaban J connectivity index is 2.87. The van der Waals surface area contributed by atoms with Gasteiger partial charge >= 0.3 is 0 Å². The zero-order chi connectivity index (χ0) is 11.9. The van der Waals surface area contributed by atoms with Gasteiger partial charge in [0.1, 0.15) is 5.82 Å². The fraction of sp³-hybridized carbons (Fsp3) is 0.182. The summed E-state index contributed by atoms with van der Waals surface area (Å²) in [6, 6.07) is 3.08. The molecule has 1 aromatic heterocycles. The van der Waals surface area contributed by atoms with Crippen molar-refractivity contribution in [2.45, 2.75) is 13.3 Å². The van der Waals surface area contributed by atoms with Crippen molar-refractivity contribution in [3.63, 3.8) is 0 Å². The molecule has 0 amide bonds. The largest absolute Gasteiger partial charge is 0.353 e. The number of rotatable bonds is 1. The number of fused-ring (bicyclic) bond motifs is 1. The van der Waals surface area contributed by atoms with Crippen molar-refractivity contribution in [1.29, 1.82) is 0 Å². The third-order valence-electron chi connectivity index (χ3n) is 2.35. The Hall–Kier alpha value is -1.78. The highest BCUT2D eigenvalue weighted by Gasteiger charge is 2.12. The molecule has 1 aromatic carbocycles. The Labute approximate surface area is 88.7 Å². The first kappa shape index (κ1) is 10.7. The Bertz CT molecular complexity index is 604. The lowest BCUT2D eigenvalue weighted by Crippen LogP contribution is -2.07. The van der Waals surface area contributed by atoms with Crippen LogP contribution in [-0.2, 0) is 0 Å². The maximum absolute atomic E-state index is 13.1. The molecule has 0 fully saturated rings. The first-order chi connectivity index (χ1) is 7.49. The van der Waals surface area contributed by atoms with E-state index in [1.54, 1.807) is 6.92 Å². The highest BCUT2D eigenvalue weighted by molar-refractivity contribution is 5.82. The normalized spacial score (nSPS) is 11.3. The number of H-pyrrole nitrogens is 1. The summed E-state index contributed by atoms with van der Waals surface area (Å²) < 4.78 is 37.9. The van der Waals surface area contributed by atoms with E-state index in [1.807, 2.05) is 0 Å². The first-order valence-corrected chi connectivity index (χ1v) is 4.60. The topological polar surface area (TPSA) is 32.9 Å². The van der Waals surface area contributed by atoms with Crippen LogP contribution < -0.4 is 5.43 Å². The SMILES string of the molecule is Cc1cc(F)cc2[nH]c(C(F)F)cc(=O)c12. The van der Waals surface area contributed by atoms with Gasteiger partial charge in [-0.15, -0.1) is 0 Å². The number of aromatic amines is 1. The van der Waals surface area contributed by atoms with Crippen molar-refractivity contribution in [2.24, 2.45) is 0 Å². The molecule has 1 N–H and O–H groups in total. The molecule has 16 heavy (non-hydrogen) atoms. The number of aromatic nitrogens is 1. The van der Waals surface area contributed by atoms with Gasteiger partial charge in [-0.25, -0.2) is 13.2 Å². The minimum atomic E-state index is -2.78. The van der Waals surface area contributed by atoms with Gasteiger partial charge in [0, 0.05) is 11.5 Å².